The van der Waals surface area contributed by atoms with Crippen LogP contribution in [0.4, 0.5) is 0 Å². The highest BCUT2D eigenvalue weighted by molar-refractivity contribution is 5.83. The maximum atomic E-state index is 12.0. The number of nitrogens with zero attached hydrogens (tertiary/aromatic N) is 3. The lowest BCUT2D eigenvalue weighted by Gasteiger charge is -2.15. The van der Waals surface area contributed by atoms with E-state index < -0.39 is 17.7 Å². The average molecular weight is 603 g/mol. The number of carbonyl (C=O) groups excluding carboxylic acids is 5. The molecule has 0 bridgehead atoms. The molecule has 6 N–H and O–H groups in total. The smallest absolute Gasteiger partial charge is 0.246 e. The molecule has 0 saturated heterocycles. The summed E-state index contributed by atoms with van der Waals surface area (Å²) in [4.78, 5) is 58.7. The van der Waals surface area contributed by atoms with Crippen LogP contribution in [0.25, 0.3) is 0 Å². The van der Waals surface area contributed by atoms with E-state index in [0.29, 0.717) is 72.8 Å². The Morgan fingerprint density at radius 3 is 1.31 bits per heavy atom. The van der Waals surface area contributed by atoms with Crippen LogP contribution >= 0.6 is 0 Å². The van der Waals surface area contributed by atoms with E-state index >= 15 is 0 Å². The Morgan fingerprint density at radius 2 is 0.929 bits per heavy atom. The van der Waals surface area contributed by atoms with Crippen molar-refractivity contribution in [2.45, 2.75) is 110 Å². The number of nitrogens with one attached hydrogen (secondary N) is 3. The van der Waals surface area contributed by atoms with Gasteiger partial charge in [0, 0.05) is 71.4 Å². The summed E-state index contributed by atoms with van der Waals surface area (Å²) in [5.41, 5.74) is 0. The largest absolute Gasteiger partial charge is 0.356 e. The van der Waals surface area contributed by atoms with Gasteiger partial charge < -0.3 is 16.0 Å². The third-order valence-corrected chi connectivity index (χ3v) is 6.41. The first-order chi connectivity index (χ1) is 19.9. The minimum atomic E-state index is -0.545. The number of unbranched alkanes of at least 4 members (excludes halogenated alkanes) is 6. The lowest BCUT2D eigenvalue weighted by molar-refractivity contribution is -0.166. The summed E-state index contributed by atoms with van der Waals surface area (Å²) in [5, 5.41) is 39.7. The van der Waals surface area contributed by atoms with Gasteiger partial charge in [-0.05, 0) is 57.9 Å². The Labute approximate surface area is 250 Å². The number of hydrogen-bond acceptors (Lipinski definition) is 9. The normalized spacial score (nSPS) is 10.8. The Hall–Kier alpha value is -2.81. The van der Waals surface area contributed by atoms with Gasteiger partial charge in [-0.1, -0.05) is 20.3 Å². The summed E-state index contributed by atoms with van der Waals surface area (Å²) >= 11 is 0. The number of hydroxylamine groups is 6. The van der Waals surface area contributed by atoms with Gasteiger partial charge in [-0.15, -0.1) is 0 Å². The summed E-state index contributed by atoms with van der Waals surface area (Å²) in [7, 11) is 0. The first kappa shape index (κ1) is 39.2. The minimum absolute atomic E-state index is 0.00965. The van der Waals surface area contributed by atoms with Gasteiger partial charge in [0.15, 0.2) is 0 Å². The quantitative estimate of drug-likeness (QED) is 0.0515. The van der Waals surface area contributed by atoms with Gasteiger partial charge in [0.25, 0.3) is 0 Å². The molecule has 0 aliphatic carbocycles. The summed E-state index contributed by atoms with van der Waals surface area (Å²) in [6.45, 7) is 7.75. The molecule has 0 spiro atoms. The highest BCUT2D eigenvalue weighted by Gasteiger charge is 2.14. The predicted octanol–water partition coefficient (Wildman–Crippen LogP) is 1.96. The van der Waals surface area contributed by atoms with Crippen molar-refractivity contribution < 1.29 is 39.6 Å². The zero-order valence-electron chi connectivity index (χ0n) is 25.7. The molecule has 0 aromatic heterocycles. The fourth-order valence-electron chi connectivity index (χ4n) is 3.82. The second-order valence-electron chi connectivity index (χ2n) is 10.7. The van der Waals surface area contributed by atoms with Crippen LogP contribution in [0.2, 0.25) is 0 Å². The second-order valence-corrected chi connectivity index (χ2v) is 10.7. The van der Waals surface area contributed by atoms with Crippen molar-refractivity contribution in [1.29, 1.82) is 0 Å². The van der Waals surface area contributed by atoms with Crippen molar-refractivity contribution in [1.82, 2.24) is 31.1 Å². The van der Waals surface area contributed by atoms with Gasteiger partial charge in [0.05, 0.1) is 0 Å². The molecule has 0 rings (SSSR count). The molecule has 0 atom stereocenters. The molecular formula is C28H54N6O8. The lowest BCUT2D eigenvalue weighted by Crippen LogP contribution is -2.31. The summed E-state index contributed by atoms with van der Waals surface area (Å²) in [6.07, 6.45) is 6.13. The molecule has 0 unspecified atom stereocenters. The molecule has 0 aromatic carbocycles. The standard InChI is InChI=1S/C28H54N6O8/c1-23(2)29-17-7-4-11-21-33(41)27(38)15-14-26(37)31-19-9-6-12-22-34(42)28(39)16-13-25(36)30-18-8-5-10-20-32(40)24(3)35/h23,29,40-42H,4-22H2,1-3H3,(H,30,36)(H,31,37). The molecule has 0 fully saturated rings. The monoisotopic (exact) mass is 602 g/mol. The number of carbonyl (C=O) groups is 5. The van der Waals surface area contributed by atoms with Crippen LogP contribution in [0, 0.1) is 0 Å². The van der Waals surface area contributed by atoms with Crippen LogP contribution in [0.1, 0.15) is 104 Å². The summed E-state index contributed by atoms with van der Waals surface area (Å²) in [5.74, 6) is -2.01. The fraction of sp³-hybridized carbons (Fsp3) is 0.821. The second kappa shape index (κ2) is 24.8. The Kier molecular flexibility index (Phi) is 23.1. The SMILES string of the molecule is CC(=O)N(O)CCCCCNC(=O)CCC(=O)N(O)CCCCCNC(=O)CCC(=O)N(O)CCCCCNC(C)C. The lowest BCUT2D eigenvalue weighted by atomic mass is 10.2. The highest BCUT2D eigenvalue weighted by Crippen LogP contribution is 2.03. The van der Waals surface area contributed by atoms with Crippen molar-refractivity contribution in [3.8, 4) is 0 Å². The molecule has 0 aliphatic rings. The summed E-state index contributed by atoms with van der Waals surface area (Å²) in [6, 6.07) is 0.433. The average Bonchev–Trinajstić information content (AvgIpc) is 2.94. The van der Waals surface area contributed by atoms with E-state index in [0.717, 1.165) is 25.8 Å². The van der Waals surface area contributed by atoms with Crippen LogP contribution in [0.15, 0.2) is 0 Å². The zero-order chi connectivity index (χ0) is 31.8. The van der Waals surface area contributed by atoms with Crippen LogP contribution in [-0.2, 0) is 24.0 Å². The maximum absolute atomic E-state index is 12.0. The minimum Gasteiger partial charge on any atom is -0.356 e. The fourth-order valence-corrected chi connectivity index (χ4v) is 3.82. The van der Waals surface area contributed by atoms with Gasteiger partial charge in [-0.2, -0.15) is 0 Å². The van der Waals surface area contributed by atoms with E-state index in [1.54, 1.807) is 0 Å². The van der Waals surface area contributed by atoms with Gasteiger partial charge in [-0.3, -0.25) is 39.6 Å². The van der Waals surface area contributed by atoms with E-state index in [4.69, 9.17) is 0 Å². The molecule has 14 nitrogen and oxygen atoms in total. The topological polar surface area (TPSA) is 192 Å². The van der Waals surface area contributed by atoms with E-state index in [1.165, 1.54) is 6.92 Å². The van der Waals surface area contributed by atoms with Crippen molar-refractivity contribution >= 4 is 29.5 Å². The van der Waals surface area contributed by atoms with Crippen LogP contribution < -0.4 is 16.0 Å². The molecule has 0 heterocycles. The van der Waals surface area contributed by atoms with Gasteiger partial charge in [-0.25, -0.2) is 15.2 Å². The van der Waals surface area contributed by atoms with Crippen molar-refractivity contribution in [2.75, 3.05) is 39.3 Å². The van der Waals surface area contributed by atoms with E-state index in [-0.39, 0.29) is 57.1 Å². The van der Waals surface area contributed by atoms with Crippen LogP contribution in [-0.4, -0.2) is 106 Å². The third-order valence-electron chi connectivity index (χ3n) is 6.41. The molecule has 0 aliphatic heterocycles. The molecule has 5 amide bonds. The molecule has 14 heteroatoms. The third kappa shape index (κ3) is 22.8. The number of amides is 5. The molecule has 0 saturated carbocycles. The predicted molar refractivity (Wildman–Crippen MR) is 155 cm³/mol. The van der Waals surface area contributed by atoms with Crippen molar-refractivity contribution in [3.63, 3.8) is 0 Å². The first-order valence-corrected chi connectivity index (χ1v) is 15.2. The molecule has 0 aromatic rings. The number of hydrogen-bond donors (Lipinski definition) is 6. The van der Waals surface area contributed by atoms with Crippen molar-refractivity contribution in [2.24, 2.45) is 0 Å². The molecular weight excluding hydrogens is 548 g/mol. The van der Waals surface area contributed by atoms with E-state index in [1.807, 2.05) is 0 Å². The Morgan fingerprint density at radius 1 is 0.548 bits per heavy atom. The highest BCUT2D eigenvalue weighted by atomic mass is 16.5. The van der Waals surface area contributed by atoms with Crippen LogP contribution in [0.5, 0.6) is 0 Å². The van der Waals surface area contributed by atoms with Gasteiger partial charge >= 0.3 is 0 Å². The maximum Gasteiger partial charge on any atom is 0.246 e. The van der Waals surface area contributed by atoms with E-state index in [9.17, 15) is 39.6 Å². The summed E-state index contributed by atoms with van der Waals surface area (Å²) < 4.78 is 0. The van der Waals surface area contributed by atoms with E-state index in [2.05, 4.69) is 29.8 Å². The molecule has 0 radical (unpaired) electrons. The van der Waals surface area contributed by atoms with Gasteiger partial charge in [0.1, 0.15) is 0 Å². The Bertz CT molecular complexity index is 798. The zero-order valence-corrected chi connectivity index (χ0v) is 25.7. The Balaban J connectivity index is 3.75. The van der Waals surface area contributed by atoms with Gasteiger partial charge in [0.2, 0.25) is 29.5 Å². The first-order valence-electron chi connectivity index (χ1n) is 15.2. The molecule has 244 valence electrons. The number of rotatable bonds is 25. The van der Waals surface area contributed by atoms with Crippen molar-refractivity contribution in [3.05, 3.63) is 0 Å². The van der Waals surface area contributed by atoms with Crippen LogP contribution in [0.3, 0.4) is 0 Å². The molecule has 42 heavy (non-hydrogen) atoms.